The molecule has 0 aliphatic carbocycles. The van der Waals surface area contributed by atoms with E-state index in [0.717, 1.165) is 0 Å². The topological polar surface area (TPSA) is 41.1 Å². The number of carbonyl (C=O) groups is 1. The van der Waals surface area contributed by atoms with Crippen molar-refractivity contribution in [3.05, 3.63) is 0 Å². The molecule has 2 N–H and O–H groups in total. The lowest BCUT2D eigenvalue weighted by atomic mass is 10.3. The number of rotatable bonds is 4. The molecule has 0 aromatic rings. The first-order valence-corrected chi connectivity index (χ1v) is 3.57. The van der Waals surface area contributed by atoms with Crippen molar-refractivity contribution in [2.45, 2.75) is 19.3 Å². The SMILES string of the molecule is CCNC(=O)NCC(F)(F)C(F)F. The Labute approximate surface area is 72.5 Å². The van der Waals surface area contributed by atoms with Crippen molar-refractivity contribution in [2.75, 3.05) is 13.1 Å². The molecule has 0 bridgehead atoms. The van der Waals surface area contributed by atoms with E-state index in [1.54, 1.807) is 12.2 Å². The van der Waals surface area contributed by atoms with Gasteiger partial charge in [-0.2, -0.15) is 8.78 Å². The zero-order chi connectivity index (χ0) is 10.5. The molecule has 0 atom stereocenters. The van der Waals surface area contributed by atoms with E-state index in [1.165, 1.54) is 0 Å². The molecule has 2 amide bonds. The fourth-order valence-electron chi connectivity index (χ4n) is 0.498. The zero-order valence-electron chi connectivity index (χ0n) is 6.91. The van der Waals surface area contributed by atoms with Crippen LogP contribution < -0.4 is 10.6 Å². The number of nitrogens with one attached hydrogen (secondary N) is 2. The molecule has 0 aromatic carbocycles. The van der Waals surface area contributed by atoms with E-state index < -0.39 is 24.9 Å². The van der Waals surface area contributed by atoms with Gasteiger partial charge in [0.25, 0.3) is 0 Å². The molecule has 0 radical (unpaired) electrons. The third-order valence-corrected chi connectivity index (χ3v) is 1.14. The minimum atomic E-state index is -4.18. The van der Waals surface area contributed by atoms with Crippen molar-refractivity contribution >= 4 is 6.03 Å². The standard InChI is InChI=1S/C6H10F4N2O/c1-2-11-5(13)12-3-6(9,10)4(7)8/h4H,2-3H2,1H3,(H2,11,12,13). The maximum Gasteiger partial charge on any atom is 0.324 e. The summed E-state index contributed by atoms with van der Waals surface area (Å²) in [4.78, 5) is 10.5. The maximum atomic E-state index is 12.2. The monoisotopic (exact) mass is 202 g/mol. The second-order valence-electron chi connectivity index (χ2n) is 2.27. The number of halogens is 4. The molecule has 0 aliphatic heterocycles. The number of urea groups is 1. The van der Waals surface area contributed by atoms with Gasteiger partial charge in [0.2, 0.25) is 0 Å². The summed E-state index contributed by atoms with van der Waals surface area (Å²) in [5.74, 6) is -4.18. The van der Waals surface area contributed by atoms with E-state index in [0.29, 0.717) is 0 Å². The zero-order valence-corrected chi connectivity index (χ0v) is 6.91. The Morgan fingerprint density at radius 3 is 2.31 bits per heavy atom. The summed E-state index contributed by atoms with van der Waals surface area (Å²) in [6.07, 6.45) is -3.77. The summed E-state index contributed by atoms with van der Waals surface area (Å²) in [6.45, 7) is 0.452. The normalized spacial score (nSPS) is 11.5. The molecule has 78 valence electrons. The van der Waals surface area contributed by atoms with E-state index in [1.807, 2.05) is 0 Å². The Morgan fingerprint density at radius 2 is 1.92 bits per heavy atom. The average Bonchev–Trinajstić information content (AvgIpc) is 2.01. The van der Waals surface area contributed by atoms with Gasteiger partial charge >= 0.3 is 18.4 Å². The number of alkyl halides is 4. The molecule has 0 fully saturated rings. The number of amides is 2. The minimum absolute atomic E-state index is 0.242. The van der Waals surface area contributed by atoms with Crippen molar-refractivity contribution in [3.8, 4) is 0 Å². The van der Waals surface area contributed by atoms with Gasteiger partial charge in [0.1, 0.15) is 0 Å². The van der Waals surface area contributed by atoms with Gasteiger partial charge < -0.3 is 10.6 Å². The van der Waals surface area contributed by atoms with Gasteiger partial charge in [-0.25, -0.2) is 13.6 Å². The minimum Gasteiger partial charge on any atom is -0.338 e. The highest BCUT2D eigenvalue weighted by Crippen LogP contribution is 2.21. The Bertz CT molecular complexity index is 174. The lowest BCUT2D eigenvalue weighted by Gasteiger charge is -2.15. The lowest BCUT2D eigenvalue weighted by molar-refractivity contribution is -0.123. The molecule has 7 heteroatoms. The summed E-state index contributed by atoms with van der Waals surface area (Å²) in [5.41, 5.74) is 0. The molecule has 3 nitrogen and oxygen atoms in total. The Hall–Kier alpha value is -1.01. The van der Waals surface area contributed by atoms with Crippen LogP contribution in [0.1, 0.15) is 6.92 Å². The van der Waals surface area contributed by atoms with Crippen LogP contribution in [0, 0.1) is 0 Å². The summed E-state index contributed by atoms with van der Waals surface area (Å²) in [5, 5.41) is 3.75. The molecule has 0 rings (SSSR count). The number of hydrogen-bond acceptors (Lipinski definition) is 1. The Morgan fingerprint density at radius 1 is 1.38 bits per heavy atom. The molecule has 0 heterocycles. The molecule has 0 aromatic heterocycles. The first-order valence-electron chi connectivity index (χ1n) is 3.57. The highest BCUT2D eigenvalue weighted by molar-refractivity contribution is 5.73. The van der Waals surface area contributed by atoms with Gasteiger partial charge in [0, 0.05) is 6.54 Å². The van der Waals surface area contributed by atoms with Crippen LogP contribution in [0.4, 0.5) is 22.4 Å². The van der Waals surface area contributed by atoms with Crippen molar-refractivity contribution in [1.82, 2.24) is 10.6 Å². The van der Waals surface area contributed by atoms with Crippen LogP contribution in [0.2, 0.25) is 0 Å². The summed E-state index contributed by atoms with van der Waals surface area (Å²) in [7, 11) is 0. The first-order chi connectivity index (χ1) is 5.90. The van der Waals surface area contributed by atoms with E-state index in [4.69, 9.17) is 0 Å². The average molecular weight is 202 g/mol. The fraction of sp³-hybridized carbons (Fsp3) is 0.833. The van der Waals surface area contributed by atoms with Gasteiger partial charge in [0.15, 0.2) is 0 Å². The van der Waals surface area contributed by atoms with Crippen LogP contribution in [-0.4, -0.2) is 31.5 Å². The highest BCUT2D eigenvalue weighted by Gasteiger charge is 2.40. The fourth-order valence-corrected chi connectivity index (χ4v) is 0.498. The second-order valence-corrected chi connectivity index (χ2v) is 2.27. The maximum absolute atomic E-state index is 12.2. The van der Waals surface area contributed by atoms with Crippen molar-refractivity contribution < 1.29 is 22.4 Å². The molecular weight excluding hydrogens is 192 g/mol. The van der Waals surface area contributed by atoms with Crippen molar-refractivity contribution in [3.63, 3.8) is 0 Å². The summed E-state index contributed by atoms with van der Waals surface area (Å²) >= 11 is 0. The van der Waals surface area contributed by atoms with Gasteiger partial charge in [-0.1, -0.05) is 0 Å². The van der Waals surface area contributed by atoms with Crippen LogP contribution in [-0.2, 0) is 0 Å². The highest BCUT2D eigenvalue weighted by atomic mass is 19.3. The molecule has 0 unspecified atom stereocenters. The van der Waals surface area contributed by atoms with Crippen LogP contribution >= 0.6 is 0 Å². The first kappa shape index (κ1) is 12.0. The Balaban J connectivity index is 3.81. The third-order valence-electron chi connectivity index (χ3n) is 1.14. The molecule has 13 heavy (non-hydrogen) atoms. The van der Waals surface area contributed by atoms with Crippen LogP contribution in [0.5, 0.6) is 0 Å². The molecular formula is C6H10F4N2O. The summed E-state index contributed by atoms with van der Waals surface area (Å²) in [6, 6.07) is -0.886. The Kier molecular flexibility index (Phi) is 4.50. The van der Waals surface area contributed by atoms with Crippen molar-refractivity contribution in [2.24, 2.45) is 0 Å². The van der Waals surface area contributed by atoms with Crippen LogP contribution in [0.15, 0.2) is 0 Å². The molecule has 0 saturated heterocycles. The van der Waals surface area contributed by atoms with Gasteiger partial charge in [-0.3, -0.25) is 0 Å². The smallest absolute Gasteiger partial charge is 0.324 e. The second kappa shape index (κ2) is 4.88. The predicted molar refractivity (Wildman–Crippen MR) is 38.0 cm³/mol. The largest absolute Gasteiger partial charge is 0.338 e. The van der Waals surface area contributed by atoms with Gasteiger partial charge in [-0.15, -0.1) is 0 Å². The molecule has 0 spiro atoms. The van der Waals surface area contributed by atoms with Crippen LogP contribution in [0.3, 0.4) is 0 Å². The van der Waals surface area contributed by atoms with E-state index in [-0.39, 0.29) is 6.54 Å². The predicted octanol–water partition coefficient (Wildman–Crippen LogP) is 1.21. The number of carbonyl (C=O) groups excluding carboxylic acids is 1. The summed E-state index contributed by atoms with van der Waals surface area (Å²) < 4.78 is 47.4. The molecule has 0 aliphatic rings. The van der Waals surface area contributed by atoms with Gasteiger partial charge in [-0.05, 0) is 6.92 Å². The molecule has 0 saturated carbocycles. The quantitative estimate of drug-likeness (QED) is 0.661. The lowest BCUT2D eigenvalue weighted by Crippen LogP contribution is -2.45. The van der Waals surface area contributed by atoms with Crippen molar-refractivity contribution in [1.29, 1.82) is 0 Å². The third kappa shape index (κ3) is 4.54. The van der Waals surface area contributed by atoms with E-state index in [2.05, 4.69) is 5.32 Å². The van der Waals surface area contributed by atoms with Gasteiger partial charge in [0.05, 0.1) is 6.54 Å². The van der Waals surface area contributed by atoms with Crippen LogP contribution in [0.25, 0.3) is 0 Å². The van der Waals surface area contributed by atoms with E-state index >= 15 is 0 Å². The number of hydrogen-bond donors (Lipinski definition) is 2. The van der Waals surface area contributed by atoms with E-state index in [9.17, 15) is 22.4 Å².